The first-order chi connectivity index (χ1) is 17.2. The van der Waals surface area contributed by atoms with Crippen LogP contribution in [0.15, 0.2) is 116 Å². The highest BCUT2D eigenvalue weighted by molar-refractivity contribution is 5.75. The van der Waals surface area contributed by atoms with Gasteiger partial charge in [0.15, 0.2) is 6.10 Å². The van der Waals surface area contributed by atoms with Crippen LogP contribution in [0.5, 0.6) is 0 Å². The van der Waals surface area contributed by atoms with Crippen molar-refractivity contribution in [3.63, 3.8) is 0 Å². The summed E-state index contributed by atoms with van der Waals surface area (Å²) in [5.74, 6) is -0.528. The first kappa shape index (κ1) is 26.1. The summed E-state index contributed by atoms with van der Waals surface area (Å²) in [5.41, 5.74) is 2.91. The summed E-state index contributed by atoms with van der Waals surface area (Å²) in [4.78, 5) is 12.9. The fourth-order valence-corrected chi connectivity index (χ4v) is 3.51. The first-order valence-corrected chi connectivity index (χ1v) is 11.5. The van der Waals surface area contributed by atoms with E-state index < -0.39 is 24.3 Å². The molecule has 3 atom stereocenters. The number of benzene rings is 3. The normalized spacial score (nSPS) is 13.7. The summed E-state index contributed by atoms with van der Waals surface area (Å²) in [6.45, 7) is 4.61. The molecule has 5 heteroatoms. The van der Waals surface area contributed by atoms with Crippen LogP contribution in [-0.4, -0.2) is 31.4 Å². The maximum absolute atomic E-state index is 12.9. The Labute approximate surface area is 207 Å². The van der Waals surface area contributed by atoms with Gasteiger partial charge in [0.25, 0.3) is 0 Å². The number of methoxy groups -OCH3 is 1. The monoisotopic (exact) mass is 472 g/mol. The molecular formula is C30H32O5. The molecule has 0 saturated carbocycles. The Hall–Kier alpha value is -3.51. The smallest absolute Gasteiger partial charge is 0.337 e. The summed E-state index contributed by atoms with van der Waals surface area (Å²) in [7, 11) is 1.34. The van der Waals surface area contributed by atoms with Gasteiger partial charge >= 0.3 is 5.97 Å². The second kappa shape index (κ2) is 14.7. The Kier molecular flexibility index (Phi) is 11.0. The minimum Gasteiger partial charge on any atom is -0.467 e. The lowest BCUT2D eigenvalue weighted by Gasteiger charge is -2.31. The SMILES string of the molecule is C=C/C=C/[C@@H](OCc1ccccc1)[C@H](OCc1ccccc1)[C@@H](OCc1ccccc1)C(=O)OC. The van der Waals surface area contributed by atoms with Crippen LogP contribution < -0.4 is 0 Å². The van der Waals surface area contributed by atoms with Crippen LogP contribution in [0.1, 0.15) is 16.7 Å². The van der Waals surface area contributed by atoms with Crippen molar-refractivity contribution in [1.82, 2.24) is 0 Å². The maximum Gasteiger partial charge on any atom is 0.337 e. The minimum absolute atomic E-state index is 0.225. The number of rotatable bonds is 14. The third-order valence-corrected chi connectivity index (χ3v) is 5.34. The van der Waals surface area contributed by atoms with E-state index in [4.69, 9.17) is 18.9 Å². The van der Waals surface area contributed by atoms with Crippen molar-refractivity contribution < 1.29 is 23.7 Å². The Balaban J connectivity index is 1.87. The molecule has 0 radical (unpaired) electrons. The van der Waals surface area contributed by atoms with Gasteiger partial charge in [-0.1, -0.05) is 116 Å². The number of ether oxygens (including phenoxy) is 4. The molecule has 0 heterocycles. The molecule has 5 nitrogen and oxygen atoms in total. The predicted octanol–water partition coefficient (Wildman–Crippen LogP) is 5.66. The summed E-state index contributed by atoms with van der Waals surface area (Å²) < 4.78 is 23.8. The van der Waals surface area contributed by atoms with Crippen LogP contribution in [0.2, 0.25) is 0 Å². The van der Waals surface area contributed by atoms with Gasteiger partial charge in [-0.15, -0.1) is 0 Å². The van der Waals surface area contributed by atoms with Gasteiger partial charge in [-0.05, 0) is 16.7 Å². The van der Waals surface area contributed by atoms with Crippen LogP contribution in [0, 0.1) is 0 Å². The topological polar surface area (TPSA) is 54.0 Å². The van der Waals surface area contributed by atoms with Gasteiger partial charge in [0.1, 0.15) is 12.2 Å². The van der Waals surface area contributed by atoms with Gasteiger partial charge in [-0.25, -0.2) is 4.79 Å². The van der Waals surface area contributed by atoms with Crippen molar-refractivity contribution >= 4 is 5.97 Å². The summed E-state index contributed by atoms with van der Waals surface area (Å²) in [5, 5.41) is 0. The molecule has 182 valence electrons. The lowest BCUT2D eigenvalue weighted by molar-refractivity contribution is -0.179. The highest BCUT2D eigenvalue weighted by atomic mass is 16.6. The Bertz CT molecular complexity index is 1030. The lowest BCUT2D eigenvalue weighted by Crippen LogP contribution is -2.46. The van der Waals surface area contributed by atoms with E-state index in [1.54, 1.807) is 12.2 Å². The lowest BCUT2D eigenvalue weighted by atomic mass is 10.1. The number of esters is 1. The Morgan fingerprint density at radius 2 is 1.20 bits per heavy atom. The highest BCUT2D eigenvalue weighted by Crippen LogP contribution is 2.20. The average Bonchev–Trinajstić information content (AvgIpc) is 2.92. The Morgan fingerprint density at radius 1 is 0.743 bits per heavy atom. The van der Waals surface area contributed by atoms with Crippen LogP contribution in [0.4, 0.5) is 0 Å². The molecule has 0 spiro atoms. The number of allylic oxidation sites excluding steroid dienone is 2. The van der Waals surface area contributed by atoms with E-state index in [9.17, 15) is 4.79 Å². The quantitative estimate of drug-likeness (QED) is 0.224. The fraction of sp³-hybridized carbons (Fsp3) is 0.233. The van der Waals surface area contributed by atoms with Gasteiger partial charge in [-0.3, -0.25) is 0 Å². The van der Waals surface area contributed by atoms with E-state index in [0.717, 1.165) is 16.7 Å². The van der Waals surface area contributed by atoms with Crippen molar-refractivity contribution in [2.75, 3.05) is 7.11 Å². The minimum atomic E-state index is -1.01. The molecule has 3 aromatic rings. The third kappa shape index (κ3) is 8.65. The molecular weight excluding hydrogens is 440 g/mol. The number of hydrogen-bond donors (Lipinski definition) is 0. The number of carbonyl (C=O) groups is 1. The molecule has 0 bridgehead atoms. The van der Waals surface area contributed by atoms with Crippen LogP contribution >= 0.6 is 0 Å². The molecule has 0 amide bonds. The standard InChI is InChI=1S/C30H32O5/c1-3-4-20-27(33-21-24-14-8-5-9-15-24)28(34-22-25-16-10-6-11-17-25)29(30(31)32-2)35-23-26-18-12-7-13-19-26/h3-20,27-29H,1,21-23H2,2H3/b20-4+/t27-,28+,29-/m1/s1. The molecule has 0 saturated heterocycles. The van der Waals surface area contributed by atoms with Crippen LogP contribution in [0.3, 0.4) is 0 Å². The maximum atomic E-state index is 12.9. The molecule has 0 fully saturated rings. The number of carbonyl (C=O) groups excluding carboxylic acids is 1. The molecule has 0 aromatic heterocycles. The summed E-state index contributed by atoms with van der Waals surface area (Å²) in [6.07, 6.45) is 2.88. The van der Waals surface area contributed by atoms with Crippen LogP contribution in [-0.2, 0) is 43.6 Å². The van der Waals surface area contributed by atoms with Crippen molar-refractivity contribution in [2.45, 2.75) is 38.1 Å². The third-order valence-electron chi connectivity index (χ3n) is 5.34. The molecule has 3 aromatic carbocycles. The second-order valence-corrected chi connectivity index (χ2v) is 7.88. The molecule has 0 aliphatic carbocycles. The summed E-state index contributed by atoms with van der Waals surface area (Å²) >= 11 is 0. The molecule has 0 unspecified atom stereocenters. The van der Waals surface area contributed by atoms with E-state index in [2.05, 4.69) is 6.58 Å². The zero-order valence-electron chi connectivity index (χ0n) is 20.0. The van der Waals surface area contributed by atoms with Crippen molar-refractivity contribution in [3.8, 4) is 0 Å². The first-order valence-electron chi connectivity index (χ1n) is 11.5. The van der Waals surface area contributed by atoms with E-state index in [1.165, 1.54) is 7.11 Å². The van der Waals surface area contributed by atoms with Gasteiger partial charge in [0, 0.05) is 0 Å². The predicted molar refractivity (Wildman–Crippen MR) is 136 cm³/mol. The number of hydrogen-bond acceptors (Lipinski definition) is 5. The zero-order chi connectivity index (χ0) is 24.7. The largest absolute Gasteiger partial charge is 0.467 e. The van der Waals surface area contributed by atoms with E-state index in [0.29, 0.717) is 6.61 Å². The second-order valence-electron chi connectivity index (χ2n) is 7.88. The van der Waals surface area contributed by atoms with Gasteiger partial charge < -0.3 is 18.9 Å². The van der Waals surface area contributed by atoms with E-state index in [-0.39, 0.29) is 13.2 Å². The molecule has 35 heavy (non-hydrogen) atoms. The summed E-state index contributed by atoms with van der Waals surface area (Å²) in [6, 6.07) is 29.3. The highest BCUT2D eigenvalue weighted by Gasteiger charge is 2.37. The van der Waals surface area contributed by atoms with Gasteiger partial charge in [0.2, 0.25) is 0 Å². The van der Waals surface area contributed by atoms with Crippen molar-refractivity contribution in [3.05, 3.63) is 132 Å². The molecule has 0 N–H and O–H groups in total. The molecule has 3 rings (SSSR count). The van der Waals surface area contributed by atoms with E-state index >= 15 is 0 Å². The van der Waals surface area contributed by atoms with Gasteiger partial charge in [0.05, 0.1) is 26.9 Å². The van der Waals surface area contributed by atoms with Crippen molar-refractivity contribution in [2.24, 2.45) is 0 Å². The molecule has 0 aliphatic rings. The fourth-order valence-electron chi connectivity index (χ4n) is 3.51. The zero-order valence-corrected chi connectivity index (χ0v) is 20.0. The van der Waals surface area contributed by atoms with Crippen LogP contribution in [0.25, 0.3) is 0 Å². The van der Waals surface area contributed by atoms with Gasteiger partial charge in [-0.2, -0.15) is 0 Å². The Morgan fingerprint density at radius 3 is 1.66 bits per heavy atom. The van der Waals surface area contributed by atoms with E-state index in [1.807, 2.05) is 97.1 Å². The van der Waals surface area contributed by atoms with Crippen molar-refractivity contribution in [1.29, 1.82) is 0 Å². The average molecular weight is 473 g/mol. The molecule has 0 aliphatic heterocycles.